The summed E-state index contributed by atoms with van der Waals surface area (Å²) in [6.07, 6.45) is 3.94. The molecule has 0 saturated heterocycles. The highest BCUT2D eigenvalue weighted by Crippen LogP contribution is 2.43. The minimum atomic E-state index is -0.150. The number of aromatic nitrogens is 1. The van der Waals surface area contributed by atoms with Crippen molar-refractivity contribution in [2.75, 3.05) is 6.79 Å². The summed E-state index contributed by atoms with van der Waals surface area (Å²) < 4.78 is 11.1. The summed E-state index contributed by atoms with van der Waals surface area (Å²) >= 11 is 5.98. The van der Waals surface area contributed by atoms with Crippen LogP contribution in [0.1, 0.15) is 46.8 Å². The predicted octanol–water partition coefficient (Wildman–Crippen LogP) is 5.24. The molecule has 0 saturated carbocycles. The summed E-state index contributed by atoms with van der Waals surface area (Å²) in [5.74, 6) is 1.52. The van der Waals surface area contributed by atoms with Crippen LogP contribution in [0.15, 0.2) is 36.4 Å². The predicted molar refractivity (Wildman–Crippen MR) is 101 cm³/mol. The van der Waals surface area contributed by atoms with Gasteiger partial charge in [0, 0.05) is 39.2 Å². The van der Waals surface area contributed by atoms with E-state index >= 15 is 0 Å². The van der Waals surface area contributed by atoms with Crippen LogP contribution in [0.3, 0.4) is 0 Å². The van der Waals surface area contributed by atoms with Crippen LogP contribution >= 0.6 is 11.6 Å². The topological polar surface area (TPSA) is 51.3 Å². The normalized spacial score (nSPS) is 18.6. The Balaban J connectivity index is 1.65. The summed E-state index contributed by atoms with van der Waals surface area (Å²) in [4.78, 5) is 16.8. The van der Waals surface area contributed by atoms with E-state index < -0.39 is 0 Å². The van der Waals surface area contributed by atoms with Crippen molar-refractivity contribution >= 4 is 28.3 Å². The zero-order valence-corrected chi connectivity index (χ0v) is 14.9. The van der Waals surface area contributed by atoms with Gasteiger partial charge in [0.15, 0.2) is 17.3 Å². The zero-order valence-electron chi connectivity index (χ0n) is 14.2. The molecule has 5 rings (SSSR count). The molecule has 1 aromatic heterocycles. The SMILES string of the molecule is O=C(c1ccc(Cl)cc1)C1CCCCc2[nH]c3cc4c(cc3c21)OCO4. The summed E-state index contributed by atoms with van der Waals surface area (Å²) in [6, 6.07) is 11.2. The highest BCUT2D eigenvalue weighted by Gasteiger charge is 2.30. The summed E-state index contributed by atoms with van der Waals surface area (Å²) in [5.41, 5.74) is 4.00. The maximum Gasteiger partial charge on any atom is 0.231 e. The second-order valence-electron chi connectivity index (χ2n) is 6.94. The van der Waals surface area contributed by atoms with Gasteiger partial charge in [-0.1, -0.05) is 18.0 Å². The molecule has 1 N–H and O–H groups in total. The first-order valence-corrected chi connectivity index (χ1v) is 9.32. The molecular formula is C21H18ClNO3. The molecule has 0 spiro atoms. The molecule has 2 heterocycles. The third-order valence-corrected chi connectivity index (χ3v) is 5.63. The summed E-state index contributed by atoms with van der Waals surface area (Å²) in [5, 5.41) is 1.71. The van der Waals surface area contributed by atoms with Gasteiger partial charge in [0.25, 0.3) is 0 Å². The van der Waals surface area contributed by atoms with E-state index in [0.717, 1.165) is 59.3 Å². The van der Waals surface area contributed by atoms with E-state index in [1.54, 1.807) is 12.1 Å². The lowest BCUT2D eigenvalue weighted by Gasteiger charge is -2.15. The number of H-pyrrole nitrogens is 1. The third-order valence-electron chi connectivity index (χ3n) is 5.38. The van der Waals surface area contributed by atoms with E-state index in [-0.39, 0.29) is 18.5 Å². The smallest absolute Gasteiger partial charge is 0.231 e. The van der Waals surface area contributed by atoms with Gasteiger partial charge >= 0.3 is 0 Å². The van der Waals surface area contributed by atoms with Crippen molar-refractivity contribution in [2.24, 2.45) is 0 Å². The van der Waals surface area contributed by atoms with Crippen molar-refractivity contribution in [3.8, 4) is 11.5 Å². The largest absolute Gasteiger partial charge is 0.454 e. The molecule has 132 valence electrons. The van der Waals surface area contributed by atoms with Gasteiger partial charge < -0.3 is 14.5 Å². The Labute approximate surface area is 156 Å². The van der Waals surface area contributed by atoms with E-state index in [1.807, 2.05) is 24.3 Å². The number of halogens is 1. The quantitative estimate of drug-likeness (QED) is 0.497. The molecule has 1 aliphatic carbocycles. The molecule has 1 atom stereocenters. The third kappa shape index (κ3) is 2.48. The number of ether oxygens (including phenoxy) is 2. The average Bonchev–Trinajstić information content (AvgIpc) is 3.17. The van der Waals surface area contributed by atoms with Gasteiger partial charge in [-0.25, -0.2) is 0 Å². The van der Waals surface area contributed by atoms with Crippen LogP contribution in [0.25, 0.3) is 10.9 Å². The highest BCUT2D eigenvalue weighted by atomic mass is 35.5. The van der Waals surface area contributed by atoms with Crippen LogP contribution in [0.5, 0.6) is 11.5 Å². The lowest BCUT2D eigenvalue weighted by molar-refractivity contribution is 0.0955. The summed E-state index contributed by atoms with van der Waals surface area (Å²) in [7, 11) is 0. The van der Waals surface area contributed by atoms with Crippen molar-refractivity contribution in [3.63, 3.8) is 0 Å². The Morgan fingerprint density at radius 3 is 2.65 bits per heavy atom. The molecule has 0 radical (unpaired) electrons. The molecule has 2 aromatic carbocycles. The van der Waals surface area contributed by atoms with Crippen molar-refractivity contribution in [1.29, 1.82) is 0 Å². The minimum Gasteiger partial charge on any atom is -0.454 e. The first-order valence-electron chi connectivity index (χ1n) is 8.94. The van der Waals surface area contributed by atoms with E-state index in [1.165, 1.54) is 0 Å². The lowest BCUT2D eigenvalue weighted by atomic mass is 9.86. The molecule has 0 amide bonds. The number of carbonyl (C=O) groups excluding carboxylic acids is 1. The highest BCUT2D eigenvalue weighted by molar-refractivity contribution is 6.30. The maximum absolute atomic E-state index is 13.3. The van der Waals surface area contributed by atoms with Gasteiger partial charge in [0.2, 0.25) is 6.79 Å². The van der Waals surface area contributed by atoms with Crippen LogP contribution in [0.4, 0.5) is 0 Å². The number of Topliss-reactive ketones (excluding diaryl/α,β-unsaturated/α-hetero) is 1. The Kier molecular flexibility index (Phi) is 3.68. The molecular weight excluding hydrogens is 350 g/mol. The van der Waals surface area contributed by atoms with Crippen molar-refractivity contribution < 1.29 is 14.3 Å². The van der Waals surface area contributed by atoms with E-state index in [4.69, 9.17) is 21.1 Å². The number of aryl methyl sites for hydroxylation is 1. The number of rotatable bonds is 2. The number of hydrogen-bond donors (Lipinski definition) is 1. The average molecular weight is 368 g/mol. The molecule has 1 unspecified atom stereocenters. The van der Waals surface area contributed by atoms with Crippen LogP contribution in [0, 0.1) is 0 Å². The van der Waals surface area contributed by atoms with Crippen molar-refractivity contribution in [1.82, 2.24) is 4.98 Å². The minimum absolute atomic E-state index is 0.150. The number of ketones is 1. The molecule has 4 nitrogen and oxygen atoms in total. The molecule has 2 aliphatic rings. The first-order chi connectivity index (χ1) is 12.7. The fourth-order valence-corrected chi connectivity index (χ4v) is 4.25. The number of benzene rings is 2. The second-order valence-corrected chi connectivity index (χ2v) is 7.37. The maximum atomic E-state index is 13.3. The fourth-order valence-electron chi connectivity index (χ4n) is 4.13. The van der Waals surface area contributed by atoms with Gasteiger partial charge in [-0.05, 0) is 55.2 Å². The Hall–Kier alpha value is -2.46. The fraction of sp³-hybridized carbons (Fsp3) is 0.286. The Morgan fingerprint density at radius 2 is 1.85 bits per heavy atom. The first kappa shape index (κ1) is 15.8. The standard InChI is InChI=1S/C21H18ClNO3/c22-13-7-5-12(6-8-13)21(24)14-3-1-2-4-16-20(14)15-9-18-19(26-11-25-18)10-17(15)23-16/h5-10,14,23H,1-4,11H2. The molecule has 3 aromatic rings. The van der Waals surface area contributed by atoms with Gasteiger partial charge in [0.1, 0.15) is 0 Å². The van der Waals surface area contributed by atoms with E-state index in [2.05, 4.69) is 4.98 Å². The number of hydrogen-bond acceptors (Lipinski definition) is 3. The Morgan fingerprint density at radius 1 is 1.08 bits per heavy atom. The number of nitrogens with one attached hydrogen (secondary N) is 1. The second kappa shape index (κ2) is 6.06. The van der Waals surface area contributed by atoms with Crippen LogP contribution < -0.4 is 9.47 Å². The molecule has 0 bridgehead atoms. The molecule has 26 heavy (non-hydrogen) atoms. The molecule has 5 heteroatoms. The molecule has 1 aliphatic heterocycles. The zero-order chi connectivity index (χ0) is 17.7. The van der Waals surface area contributed by atoms with Crippen LogP contribution in [-0.2, 0) is 6.42 Å². The van der Waals surface area contributed by atoms with Gasteiger partial charge in [-0.3, -0.25) is 4.79 Å². The monoisotopic (exact) mass is 367 g/mol. The van der Waals surface area contributed by atoms with Crippen LogP contribution in [-0.4, -0.2) is 17.6 Å². The van der Waals surface area contributed by atoms with E-state index in [9.17, 15) is 4.79 Å². The van der Waals surface area contributed by atoms with Crippen LogP contribution in [0.2, 0.25) is 5.02 Å². The number of aromatic amines is 1. The van der Waals surface area contributed by atoms with Crippen molar-refractivity contribution in [3.05, 3.63) is 58.2 Å². The van der Waals surface area contributed by atoms with Gasteiger partial charge in [-0.15, -0.1) is 0 Å². The lowest BCUT2D eigenvalue weighted by Crippen LogP contribution is -2.13. The number of carbonyl (C=O) groups is 1. The Bertz CT molecular complexity index is 1010. The van der Waals surface area contributed by atoms with Crippen molar-refractivity contribution in [2.45, 2.75) is 31.6 Å². The van der Waals surface area contributed by atoms with E-state index in [0.29, 0.717) is 10.6 Å². The molecule has 0 fully saturated rings. The summed E-state index contributed by atoms with van der Waals surface area (Å²) in [6.45, 7) is 0.247. The van der Waals surface area contributed by atoms with Gasteiger partial charge in [-0.2, -0.15) is 0 Å². The number of fused-ring (bicyclic) bond motifs is 4. The van der Waals surface area contributed by atoms with Gasteiger partial charge in [0.05, 0.1) is 0 Å².